The summed E-state index contributed by atoms with van der Waals surface area (Å²) in [5.41, 5.74) is 14.2. The molecule has 0 fully saturated rings. The van der Waals surface area contributed by atoms with Crippen LogP contribution in [0.2, 0.25) is 0 Å². The number of oxazole rings is 2. The number of thiophene rings is 1. The fourth-order valence-corrected chi connectivity index (χ4v) is 6.65. The average Bonchev–Trinajstić information content (AvgIpc) is 3.73. The molecule has 0 bridgehead atoms. The van der Waals surface area contributed by atoms with Gasteiger partial charge >= 0.3 is 0 Å². The fraction of sp³-hybridized carbons (Fsp3) is 0.167. The molecule has 4 aromatic carbocycles. The highest BCUT2D eigenvalue weighted by Crippen LogP contribution is 2.40. The molecule has 5 heteroatoms. The Balaban J connectivity index is 1.27. The van der Waals surface area contributed by atoms with Gasteiger partial charge in [-0.25, -0.2) is 9.97 Å². The summed E-state index contributed by atoms with van der Waals surface area (Å²) in [5.74, 6) is 1.19. The molecule has 7 aromatic rings. The van der Waals surface area contributed by atoms with Gasteiger partial charge in [0, 0.05) is 0 Å². The fourth-order valence-electron chi connectivity index (χ4n) is 5.84. The zero-order chi connectivity index (χ0) is 28.1. The number of aromatic nitrogens is 2. The molecule has 0 amide bonds. The van der Waals surface area contributed by atoms with E-state index in [0.29, 0.717) is 11.8 Å². The van der Waals surface area contributed by atoms with Crippen LogP contribution in [0.3, 0.4) is 0 Å². The maximum Gasteiger partial charge on any atom is 0.238 e. The summed E-state index contributed by atoms with van der Waals surface area (Å²) in [7, 11) is 0. The van der Waals surface area contributed by atoms with Crippen LogP contribution in [0.5, 0.6) is 0 Å². The molecule has 0 unspecified atom stereocenters. The van der Waals surface area contributed by atoms with Gasteiger partial charge in [0.05, 0.1) is 5.56 Å². The molecule has 0 aliphatic carbocycles. The topological polar surface area (TPSA) is 52.1 Å². The normalized spacial score (nSPS) is 11.6. The Morgan fingerprint density at radius 3 is 1.63 bits per heavy atom. The van der Waals surface area contributed by atoms with Crippen molar-refractivity contribution in [1.29, 1.82) is 0 Å². The van der Waals surface area contributed by atoms with Crippen molar-refractivity contribution in [3.8, 4) is 22.2 Å². The molecule has 0 saturated heterocycles. The minimum atomic E-state index is 0.593. The summed E-state index contributed by atoms with van der Waals surface area (Å²) in [5, 5.41) is 2.05. The Labute approximate surface area is 243 Å². The monoisotopic (exact) mass is 554 g/mol. The molecule has 0 radical (unpaired) electrons. The van der Waals surface area contributed by atoms with Crippen molar-refractivity contribution in [2.75, 3.05) is 0 Å². The lowest BCUT2D eigenvalue weighted by molar-refractivity contribution is 0.612. The van der Waals surface area contributed by atoms with Gasteiger partial charge < -0.3 is 8.83 Å². The Morgan fingerprint density at radius 2 is 1.10 bits per heavy atom. The molecule has 0 saturated carbocycles. The first-order chi connectivity index (χ1) is 20.0. The number of fused-ring (bicyclic) bond motifs is 2. The van der Waals surface area contributed by atoms with Crippen LogP contribution in [0.15, 0.2) is 93.1 Å². The number of aryl methyl sites for hydroxylation is 4. The summed E-state index contributed by atoms with van der Waals surface area (Å²) in [6.07, 6.45) is 1.74. The lowest BCUT2D eigenvalue weighted by Crippen LogP contribution is -1.96. The zero-order valence-corrected chi connectivity index (χ0v) is 24.4. The van der Waals surface area contributed by atoms with Crippen molar-refractivity contribution in [1.82, 2.24) is 9.97 Å². The molecule has 0 atom stereocenters. The van der Waals surface area contributed by atoms with Gasteiger partial charge in [0.15, 0.2) is 11.2 Å². The largest absolute Gasteiger partial charge is 0.436 e. The van der Waals surface area contributed by atoms with E-state index in [2.05, 4.69) is 100 Å². The van der Waals surface area contributed by atoms with Gasteiger partial charge in [-0.15, -0.1) is 11.3 Å². The van der Waals surface area contributed by atoms with Crippen LogP contribution in [0, 0.1) is 27.7 Å². The van der Waals surface area contributed by atoms with Crippen LogP contribution in [-0.4, -0.2) is 9.97 Å². The molecule has 4 nitrogen and oxygen atoms in total. The van der Waals surface area contributed by atoms with Crippen molar-refractivity contribution < 1.29 is 8.83 Å². The second-order valence-corrected chi connectivity index (χ2v) is 11.7. The van der Waals surface area contributed by atoms with Gasteiger partial charge in [-0.05, 0) is 109 Å². The number of rotatable bonds is 6. The molecule has 0 spiro atoms. The van der Waals surface area contributed by atoms with Crippen LogP contribution in [0.4, 0.5) is 0 Å². The van der Waals surface area contributed by atoms with Gasteiger partial charge in [-0.1, -0.05) is 60.7 Å². The molecule has 7 rings (SSSR count). The lowest BCUT2D eigenvalue weighted by atomic mass is 9.95. The van der Waals surface area contributed by atoms with E-state index in [4.69, 9.17) is 18.8 Å². The first-order valence-electron chi connectivity index (χ1n) is 13.9. The second kappa shape index (κ2) is 10.2. The van der Waals surface area contributed by atoms with Crippen LogP contribution in [0.1, 0.15) is 44.5 Å². The molecule has 41 heavy (non-hydrogen) atoms. The highest BCUT2D eigenvalue weighted by Gasteiger charge is 2.22. The Morgan fingerprint density at radius 1 is 0.610 bits per heavy atom. The number of nitrogens with zero attached hydrogens (tertiary/aromatic N) is 2. The van der Waals surface area contributed by atoms with E-state index >= 15 is 0 Å². The van der Waals surface area contributed by atoms with Gasteiger partial charge in [-0.3, -0.25) is 0 Å². The zero-order valence-electron chi connectivity index (χ0n) is 23.6. The van der Waals surface area contributed by atoms with E-state index in [1.807, 2.05) is 11.4 Å². The average molecular weight is 555 g/mol. The Bertz CT molecular complexity index is 1890. The minimum Gasteiger partial charge on any atom is -0.436 e. The number of hydrogen-bond acceptors (Lipinski definition) is 5. The standard InChI is InChI=1S/C36H30N2O2S/c1-21-17-30-32(23(3)28(21)19-25-11-7-5-8-12-25)37-35(39-30)27-15-16-41-34(27)36-38-33-24(4)29(22(2)18-31(33)40-36)20-26-13-9-6-10-14-26/h5-18H,19-20H2,1-4H3. The van der Waals surface area contributed by atoms with E-state index in [-0.39, 0.29) is 0 Å². The van der Waals surface area contributed by atoms with Gasteiger partial charge in [-0.2, -0.15) is 0 Å². The van der Waals surface area contributed by atoms with Crippen LogP contribution < -0.4 is 0 Å². The molecule has 0 N–H and O–H groups in total. The third kappa shape index (κ3) is 4.56. The summed E-state index contributed by atoms with van der Waals surface area (Å²) >= 11 is 1.60. The van der Waals surface area contributed by atoms with E-state index in [1.54, 1.807) is 11.3 Å². The van der Waals surface area contributed by atoms with Crippen molar-refractivity contribution >= 4 is 33.5 Å². The molecule has 3 heterocycles. The summed E-state index contributed by atoms with van der Waals surface area (Å²) in [6, 6.07) is 27.4. The maximum absolute atomic E-state index is 6.37. The minimum absolute atomic E-state index is 0.593. The third-order valence-electron chi connectivity index (χ3n) is 8.11. The van der Waals surface area contributed by atoms with Crippen molar-refractivity contribution in [2.45, 2.75) is 40.5 Å². The third-order valence-corrected chi connectivity index (χ3v) is 9.01. The molecule has 0 aliphatic rings. The second-order valence-electron chi connectivity index (χ2n) is 10.8. The predicted molar refractivity (Wildman–Crippen MR) is 168 cm³/mol. The summed E-state index contributed by atoms with van der Waals surface area (Å²) in [4.78, 5) is 10.9. The van der Waals surface area contributed by atoms with Crippen molar-refractivity contribution in [3.63, 3.8) is 0 Å². The van der Waals surface area contributed by atoms with Gasteiger partial charge in [0.1, 0.15) is 15.9 Å². The van der Waals surface area contributed by atoms with Crippen molar-refractivity contribution in [3.05, 3.63) is 129 Å². The highest BCUT2D eigenvalue weighted by atomic mass is 32.1. The summed E-state index contributed by atoms with van der Waals surface area (Å²) < 4.78 is 12.7. The molecule has 0 aliphatic heterocycles. The van der Waals surface area contributed by atoms with E-state index in [1.165, 1.54) is 33.4 Å². The van der Waals surface area contributed by atoms with Crippen LogP contribution in [0.25, 0.3) is 44.4 Å². The first-order valence-corrected chi connectivity index (χ1v) is 14.8. The SMILES string of the molecule is Cc1cc2oc(-c3ccsc3-c3nc4c(C)c(Cc5ccccc5)c(C)cc4o3)nc2c(C)c1Cc1ccccc1. The number of hydrogen-bond donors (Lipinski definition) is 0. The van der Waals surface area contributed by atoms with E-state index in [9.17, 15) is 0 Å². The van der Waals surface area contributed by atoms with Crippen molar-refractivity contribution in [2.24, 2.45) is 0 Å². The van der Waals surface area contributed by atoms with Crippen LogP contribution >= 0.6 is 11.3 Å². The quantitative estimate of drug-likeness (QED) is 0.205. The Hall–Kier alpha value is -4.48. The van der Waals surface area contributed by atoms with Crippen LogP contribution in [-0.2, 0) is 12.8 Å². The van der Waals surface area contributed by atoms with E-state index < -0.39 is 0 Å². The highest BCUT2D eigenvalue weighted by molar-refractivity contribution is 7.14. The molecule has 202 valence electrons. The molecular formula is C36H30N2O2S. The maximum atomic E-state index is 6.37. The molecular weight excluding hydrogens is 524 g/mol. The lowest BCUT2D eigenvalue weighted by Gasteiger charge is -2.10. The predicted octanol–water partition coefficient (Wildman–Crippen LogP) is 9.78. The van der Waals surface area contributed by atoms with E-state index in [0.717, 1.165) is 56.6 Å². The smallest absolute Gasteiger partial charge is 0.238 e. The molecule has 3 aromatic heterocycles. The Kier molecular flexibility index (Phi) is 6.32. The first kappa shape index (κ1) is 25.5. The number of benzene rings is 4. The van der Waals surface area contributed by atoms with Gasteiger partial charge in [0.2, 0.25) is 11.8 Å². The van der Waals surface area contributed by atoms with Gasteiger partial charge in [0.25, 0.3) is 0 Å². The summed E-state index contributed by atoms with van der Waals surface area (Å²) in [6.45, 7) is 8.59.